The molecule has 2 N–H and O–H groups in total. The summed E-state index contributed by atoms with van der Waals surface area (Å²) in [5.74, 6) is 0. The lowest BCUT2D eigenvalue weighted by atomic mass is 10.1. The van der Waals surface area contributed by atoms with Crippen molar-refractivity contribution < 1.29 is 5.11 Å². The second-order valence-corrected chi connectivity index (χ2v) is 5.88. The fourth-order valence-electron chi connectivity index (χ4n) is 2.23. The molecule has 6 heteroatoms. The number of aromatic nitrogens is 2. The highest BCUT2D eigenvalue weighted by Gasteiger charge is 2.21. The first-order valence-electron chi connectivity index (χ1n) is 6.56. The molecule has 1 aromatic heterocycles. The molecule has 1 atom stereocenters. The maximum Gasteiger partial charge on any atom is 0.0869 e. The largest absolute Gasteiger partial charge is 0.388 e. The predicted octanol–water partition coefficient (Wildman–Crippen LogP) is 1.27. The molecule has 0 aliphatic rings. The van der Waals surface area contributed by atoms with Crippen molar-refractivity contribution in [3.05, 3.63) is 16.4 Å². The Bertz CT molecular complexity index is 415. The van der Waals surface area contributed by atoms with Crippen molar-refractivity contribution >= 4 is 11.6 Å². The number of hydrogen-bond donors (Lipinski definition) is 2. The average Bonchev–Trinajstić information content (AvgIpc) is 2.54. The van der Waals surface area contributed by atoms with Gasteiger partial charge in [0.15, 0.2) is 0 Å². The third kappa shape index (κ3) is 4.76. The van der Waals surface area contributed by atoms with Gasteiger partial charge in [-0.05, 0) is 34.9 Å². The number of nitrogens with one attached hydrogen (secondary N) is 1. The molecule has 0 aliphatic heterocycles. The third-order valence-electron chi connectivity index (χ3n) is 2.91. The van der Waals surface area contributed by atoms with E-state index >= 15 is 0 Å². The summed E-state index contributed by atoms with van der Waals surface area (Å²) in [5, 5.41) is 18.5. The lowest BCUT2D eigenvalue weighted by Crippen LogP contribution is -2.45. The zero-order chi connectivity index (χ0) is 14.6. The molecule has 0 aromatic carbocycles. The van der Waals surface area contributed by atoms with Crippen molar-refractivity contribution in [2.24, 2.45) is 0 Å². The number of rotatable bonds is 7. The molecule has 0 bridgehead atoms. The second-order valence-electron chi connectivity index (χ2n) is 5.50. The Hall–Kier alpha value is -0.620. The highest BCUT2D eigenvalue weighted by molar-refractivity contribution is 6.31. The SMILES string of the molecule is CCn1nc(C)c(Cl)c1CNCC(C)(O)CN(C)C. The minimum atomic E-state index is -0.762. The van der Waals surface area contributed by atoms with Gasteiger partial charge in [-0.15, -0.1) is 0 Å². The first kappa shape index (κ1) is 16.4. The summed E-state index contributed by atoms with van der Waals surface area (Å²) >= 11 is 6.23. The highest BCUT2D eigenvalue weighted by Crippen LogP contribution is 2.20. The van der Waals surface area contributed by atoms with Crippen LogP contribution in [0, 0.1) is 6.92 Å². The zero-order valence-corrected chi connectivity index (χ0v) is 13.3. The van der Waals surface area contributed by atoms with Crippen LogP contribution in [0.15, 0.2) is 0 Å². The minimum Gasteiger partial charge on any atom is -0.388 e. The van der Waals surface area contributed by atoms with Gasteiger partial charge in [0.1, 0.15) is 0 Å². The van der Waals surface area contributed by atoms with Crippen LogP contribution in [0.5, 0.6) is 0 Å². The summed E-state index contributed by atoms with van der Waals surface area (Å²) in [6.07, 6.45) is 0. The van der Waals surface area contributed by atoms with Crippen LogP contribution in [-0.4, -0.2) is 52.6 Å². The summed E-state index contributed by atoms with van der Waals surface area (Å²) in [5.41, 5.74) is 1.06. The Balaban J connectivity index is 2.58. The van der Waals surface area contributed by atoms with Gasteiger partial charge in [-0.2, -0.15) is 5.10 Å². The van der Waals surface area contributed by atoms with Crippen LogP contribution in [0.25, 0.3) is 0 Å². The normalized spacial score (nSPS) is 14.9. The van der Waals surface area contributed by atoms with Gasteiger partial charge in [-0.1, -0.05) is 11.6 Å². The van der Waals surface area contributed by atoms with Gasteiger partial charge in [0.05, 0.1) is 22.0 Å². The van der Waals surface area contributed by atoms with E-state index in [4.69, 9.17) is 11.6 Å². The topological polar surface area (TPSA) is 53.3 Å². The van der Waals surface area contributed by atoms with Crippen LogP contribution in [-0.2, 0) is 13.1 Å². The van der Waals surface area contributed by atoms with Crippen molar-refractivity contribution in [2.75, 3.05) is 27.2 Å². The molecule has 0 fully saturated rings. The van der Waals surface area contributed by atoms with Gasteiger partial charge >= 0.3 is 0 Å². The molecule has 0 saturated heterocycles. The number of nitrogens with zero attached hydrogens (tertiary/aromatic N) is 3. The molecule has 19 heavy (non-hydrogen) atoms. The lowest BCUT2D eigenvalue weighted by Gasteiger charge is -2.27. The van der Waals surface area contributed by atoms with Gasteiger partial charge in [0.25, 0.3) is 0 Å². The molecule has 1 rings (SSSR count). The minimum absolute atomic E-state index is 0.509. The van der Waals surface area contributed by atoms with Crippen LogP contribution < -0.4 is 5.32 Å². The second kappa shape index (κ2) is 6.70. The van der Waals surface area contributed by atoms with Crippen LogP contribution in [0.1, 0.15) is 25.2 Å². The summed E-state index contributed by atoms with van der Waals surface area (Å²) < 4.78 is 1.89. The number of aryl methyl sites for hydroxylation is 2. The fourth-order valence-corrected chi connectivity index (χ4v) is 2.43. The summed E-state index contributed by atoms with van der Waals surface area (Å²) in [4.78, 5) is 1.97. The highest BCUT2D eigenvalue weighted by atomic mass is 35.5. The molecule has 0 radical (unpaired) electrons. The van der Waals surface area contributed by atoms with Gasteiger partial charge in [-0.3, -0.25) is 4.68 Å². The fraction of sp³-hybridized carbons (Fsp3) is 0.769. The summed E-state index contributed by atoms with van der Waals surface area (Å²) in [6, 6.07) is 0. The smallest absolute Gasteiger partial charge is 0.0869 e. The summed E-state index contributed by atoms with van der Waals surface area (Å²) in [6.45, 7) is 8.28. The van der Waals surface area contributed by atoms with Gasteiger partial charge in [0, 0.05) is 26.2 Å². The van der Waals surface area contributed by atoms with Crippen molar-refractivity contribution in [3.8, 4) is 0 Å². The lowest BCUT2D eigenvalue weighted by molar-refractivity contribution is 0.0334. The zero-order valence-electron chi connectivity index (χ0n) is 12.5. The Labute approximate surface area is 120 Å². The standard InChI is InChI=1S/C13H25ClN4O/c1-6-18-11(12(14)10(2)16-18)7-15-8-13(3,19)9-17(4)5/h15,19H,6-9H2,1-5H3. The predicted molar refractivity (Wildman–Crippen MR) is 78.5 cm³/mol. The summed E-state index contributed by atoms with van der Waals surface area (Å²) in [7, 11) is 3.89. The van der Waals surface area contributed by atoms with E-state index in [0.717, 1.165) is 17.9 Å². The number of hydrogen-bond acceptors (Lipinski definition) is 4. The first-order chi connectivity index (χ1) is 8.76. The molecular weight excluding hydrogens is 264 g/mol. The molecular formula is C13H25ClN4O. The Morgan fingerprint density at radius 1 is 1.47 bits per heavy atom. The molecule has 1 heterocycles. The van der Waals surface area contributed by atoms with Crippen LogP contribution in [0.3, 0.4) is 0 Å². The molecule has 0 spiro atoms. The van der Waals surface area contributed by atoms with Gasteiger partial charge < -0.3 is 15.3 Å². The molecule has 0 amide bonds. The number of halogens is 1. The first-order valence-corrected chi connectivity index (χ1v) is 6.94. The molecule has 110 valence electrons. The van der Waals surface area contributed by atoms with E-state index in [-0.39, 0.29) is 0 Å². The van der Waals surface area contributed by atoms with Gasteiger partial charge in [0.2, 0.25) is 0 Å². The van der Waals surface area contributed by atoms with Crippen LogP contribution in [0.2, 0.25) is 5.02 Å². The molecule has 0 aliphatic carbocycles. The Kier molecular flexibility index (Phi) is 5.80. The van der Waals surface area contributed by atoms with E-state index in [1.165, 1.54) is 0 Å². The number of aliphatic hydroxyl groups is 1. The quantitative estimate of drug-likeness (QED) is 0.793. The van der Waals surface area contributed by atoms with E-state index < -0.39 is 5.60 Å². The van der Waals surface area contributed by atoms with Crippen molar-refractivity contribution in [2.45, 2.75) is 39.5 Å². The van der Waals surface area contributed by atoms with Crippen LogP contribution >= 0.6 is 11.6 Å². The Morgan fingerprint density at radius 3 is 2.63 bits per heavy atom. The van der Waals surface area contributed by atoms with E-state index in [9.17, 15) is 5.11 Å². The van der Waals surface area contributed by atoms with Crippen molar-refractivity contribution in [3.63, 3.8) is 0 Å². The van der Waals surface area contributed by atoms with Gasteiger partial charge in [-0.25, -0.2) is 0 Å². The van der Waals surface area contributed by atoms with E-state index in [2.05, 4.69) is 10.4 Å². The van der Waals surface area contributed by atoms with Crippen LogP contribution in [0.4, 0.5) is 0 Å². The van der Waals surface area contributed by atoms with Crippen molar-refractivity contribution in [1.29, 1.82) is 0 Å². The molecule has 1 aromatic rings. The molecule has 5 nitrogen and oxygen atoms in total. The van der Waals surface area contributed by atoms with E-state index in [1.54, 1.807) is 0 Å². The monoisotopic (exact) mass is 288 g/mol. The van der Waals surface area contributed by atoms with E-state index in [0.29, 0.717) is 24.7 Å². The maximum atomic E-state index is 10.2. The average molecular weight is 289 g/mol. The third-order valence-corrected chi connectivity index (χ3v) is 3.40. The Morgan fingerprint density at radius 2 is 2.11 bits per heavy atom. The van der Waals surface area contributed by atoms with E-state index in [1.807, 2.05) is 44.4 Å². The maximum absolute atomic E-state index is 10.2. The number of likely N-dealkylation sites (N-methyl/N-ethyl adjacent to an activating group) is 1. The molecule has 1 unspecified atom stereocenters. The molecule has 0 saturated carbocycles. The van der Waals surface area contributed by atoms with Crippen molar-refractivity contribution in [1.82, 2.24) is 20.0 Å².